The highest BCUT2D eigenvalue weighted by atomic mass is 35.5. The predicted octanol–water partition coefficient (Wildman–Crippen LogP) is 7.01. The first kappa shape index (κ1) is 25.2. The molecule has 0 bridgehead atoms. The van der Waals surface area contributed by atoms with Crippen LogP contribution in [-0.2, 0) is 4.79 Å². The standard InChI is InChI=1S/C18H35ClO.C2H6O/c1-2-3-4-5-6-7-8-9-10-11-12-13-14-15-16-17-18(19)20;1-2-3/h2-17H2,1H3;3H,2H2,1H3. The number of carbonyl (C=O) groups excluding carboxylic acids is 1. The molecular formula is C20H41ClO2. The quantitative estimate of drug-likeness (QED) is 0.240. The lowest BCUT2D eigenvalue weighted by molar-refractivity contribution is -0.111. The van der Waals surface area contributed by atoms with Gasteiger partial charge in [0.15, 0.2) is 0 Å². The molecule has 0 aromatic rings. The van der Waals surface area contributed by atoms with Gasteiger partial charge in [-0.15, -0.1) is 0 Å². The topological polar surface area (TPSA) is 37.3 Å². The number of aliphatic hydroxyl groups is 1. The van der Waals surface area contributed by atoms with Crippen LogP contribution in [0.15, 0.2) is 0 Å². The maximum Gasteiger partial charge on any atom is 0.221 e. The number of hydrogen-bond donors (Lipinski definition) is 1. The molecule has 0 heterocycles. The second-order valence-electron chi connectivity index (χ2n) is 6.37. The highest BCUT2D eigenvalue weighted by molar-refractivity contribution is 6.63. The van der Waals surface area contributed by atoms with Gasteiger partial charge in [-0.1, -0.05) is 96.8 Å². The lowest BCUT2D eigenvalue weighted by atomic mass is 10.0. The fourth-order valence-electron chi connectivity index (χ4n) is 2.64. The van der Waals surface area contributed by atoms with Crippen LogP contribution in [0.3, 0.4) is 0 Å². The molecule has 0 aromatic carbocycles. The third-order valence-corrected chi connectivity index (χ3v) is 4.17. The number of rotatable bonds is 16. The lowest BCUT2D eigenvalue weighted by Gasteiger charge is -2.03. The normalized spacial score (nSPS) is 10.3. The molecule has 0 amide bonds. The van der Waals surface area contributed by atoms with E-state index in [9.17, 15) is 4.79 Å². The van der Waals surface area contributed by atoms with Gasteiger partial charge >= 0.3 is 0 Å². The van der Waals surface area contributed by atoms with Crippen molar-refractivity contribution < 1.29 is 9.90 Å². The second kappa shape index (κ2) is 24.2. The summed E-state index contributed by atoms with van der Waals surface area (Å²) >= 11 is 5.30. The third-order valence-electron chi connectivity index (χ3n) is 3.98. The Labute approximate surface area is 150 Å². The molecule has 140 valence electrons. The van der Waals surface area contributed by atoms with Crippen LogP contribution in [0, 0.1) is 0 Å². The molecule has 0 atom stereocenters. The molecule has 0 unspecified atom stereocenters. The van der Waals surface area contributed by atoms with Crippen LogP contribution in [0.5, 0.6) is 0 Å². The van der Waals surface area contributed by atoms with Crippen molar-refractivity contribution in [1.82, 2.24) is 0 Å². The van der Waals surface area contributed by atoms with Crippen LogP contribution < -0.4 is 0 Å². The van der Waals surface area contributed by atoms with Gasteiger partial charge < -0.3 is 5.11 Å². The van der Waals surface area contributed by atoms with Crippen LogP contribution >= 0.6 is 11.6 Å². The molecule has 0 saturated carbocycles. The Morgan fingerprint density at radius 2 is 0.913 bits per heavy atom. The fraction of sp³-hybridized carbons (Fsp3) is 0.950. The maximum absolute atomic E-state index is 10.5. The summed E-state index contributed by atoms with van der Waals surface area (Å²) in [5.74, 6) is 0. The maximum atomic E-state index is 10.5. The van der Waals surface area contributed by atoms with E-state index in [4.69, 9.17) is 16.7 Å². The SMILES string of the molecule is CCCCCCCCCCCCCCCCCC(=O)Cl.CCO. The van der Waals surface area contributed by atoms with E-state index < -0.39 is 0 Å². The Morgan fingerprint density at radius 3 is 1.17 bits per heavy atom. The molecule has 0 aliphatic carbocycles. The van der Waals surface area contributed by atoms with Gasteiger partial charge in [0.25, 0.3) is 0 Å². The zero-order chi connectivity index (χ0) is 17.6. The molecule has 2 nitrogen and oxygen atoms in total. The molecule has 0 fully saturated rings. The first-order chi connectivity index (χ1) is 11.2. The van der Waals surface area contributed by atoms with Gasteiger partial charge in [0, 0.05) is 13.0 Å². The number of carbonyl (C=O) groups is 1. The van der Waals surface area contributed by atoms with Gasteiger partial charge in [0.05, 0.1) is 0 Å². The number of unbranched alkanes of at least 4 members (excludes halogenated alkanes) is 14. The minimum atomic E-state index is -0.181. The van der Waals surface area contributed by atoms with Gasteiger partial charge in [-0.3, -0.25) is 4.79 Å². The fourth-order valence-corrected chi connectivity index (χ4v) is 2.77. The average molecular weight is 349 g/mol. The third kappa shape index (κ3) is 30.4. The summed E-state index contributed by atoms with van der Waals surface area (Å²) in [6, 6.07) is 0. The summed E-state index contributed by atoms with van der Waals surface area (Å²) in [7, 11) is 0. The summed E-state index contributed by atoms with van der Waals surface area (Å²) < 4.78 is 0. The molecule has 1 N–H and O–H groups in total. The molecule has 0 saturated heterocycles. The van der Waals surface area contributed by atoms with Crippen molar-refractivity contribution in [3.8, 4) is 0 Å². The first-order valence-corrected chi connectivity index (χ1v) is 10.4. The molecule has 23 heavy (non-hydrogen) atoms. The van der Waals surface area contributed by atoms with Crippen LogP contribution in [0.2, 0.25) is 0 Å². The van der Waals surface area contributed by atoms with E-state index in [-0.39, 0.29) is 11.8 Å². The summed E-state index contributed by atoms with van der Waals surface area (Å²) in [6.07, 6.45) is 20.8. The van der Waals surface area contributed by atoms with E-state index >= 15 is 0 Å². The summed E-state index contributed by atoms with van der Waals surface area (Å²) in [4.78, 5) is 10.5. The Morgan fingerprint density at radius 1 is 0.652 bits per heavy atom. The van der Waals surface area contributed by atoms with Gasteiger partial charge in [-0.05, 0) is 24.9 Å². The van der Waals surface area contributed by atoms with E-state index in [1.807, 2.05) is 0 Å². The zero-order valence-corrected chi connectivity index (χ0v) is 16.5. The van der Waals surface area contributed by atoms with Crippen molar-refractivity contribution in [1.29, 1.82) is 0 Å². The van der Waals surface area contributed by atoms with E-state index in [0.717, 1.165) is 12.8 Å². The molecule has 0 aliphatic heterocycles. The van der Waals surface area contributed by atoms with E-state index in [2.05, 4.69) is 6.92 Å². The summed E-state index contributed by atoms with van der Waals surface area (Å²) in [5, 5.41) is 7.39. The number of aliphatic hydroxyl groups excluding tert-OH is 1. The molecule has 0 aromatic heterocycles. The molecule has 3 heteroatoms. The monoisotopic (exact) mass is 348 g/mol. The van der Waals surface area contributed by atoms with Gasteiger partial charge in [-0.2, -0.15) is 0 Å². The Kier molecular flexibility index (Phi) is 26.5. The van der Waals surface area contributed by atoms with Crippen molar-refractivity contribution in [2.75, 3.05) is 6.61 Å². The number of halogens is 1. The Bertz CT molecular complexity index is 220. The van der Waals surface area contributed by atoms with Gasteiger partial charge in [-0.25, -0.2) is 0 Å². The highest BCUT2D eigenvalue weighted by Gasteiger charge is 1.96. The largest absolute Gasteiger partial charge is 0.397 e. The lowest BCUT2D eigenvalue weighted by Crippen LogP contribution is -1.86. The first-order valence-electron chi connectivity index (χ1n) is 9.98. The minimum Gasteiger partial charge on any atom is -0.397 e. The van der Waals surface area contributed by atoms with E-state index in [0.29, 0.717) is 6.42 Å². The van der Waals surface area contributed by atoms with Crippen LogP contribution in [0.25, 0.3) is 0 Å². The van der Waals surface area contributed by atoms with Crippen LogP contribution in [0.4, 0.5) is 0 Å². The van der Waals surface area contributed by atoms with Gasteiger partial charge in [0.1, 0.15) is 0 Å². The zero-order valence-electron chi connectivity index (χ0n) is 15.8. The second-order valence-corrected chi connectivity index (χ2v) is 6.79. The van der Waals surface area contributed by atoms with E-state index in [1.54, 1.807) is 6.92 Å². The highest BCUT2D eigenvalue weighted by Crippen LogP contribution is 2.13. The van der Waals surface area contributed by atoms with Crippen LogP contribution in [0.1, 0.15) is 117 Å². The number of hydrogen-bond acceptors (Lipinski definition) is 2. The molecule has 0 radical (unpaired) electrons. The summed E-state index contributed by atoms with van der Waals surface area (Å²) in [5.41, 5.74) is 0. The van der Waals surface area contributed by atoms with Crippen molar-refractivity contribution in [3.05, 3.63) is 0 Å². The molecule has 0 aliphatic rings. The summed E-state index contributed by atoms with van der Waals surface area (Å²) in [6.45, 7) is 4.21. The average Bonchev–Trinajstić information content (AvgIpc) is 2.51. The minimum absolute atomic E-state index is 0.181. The van der Waals surface area contributed by atoms with Crippen molar-refractivity contribution in [2.45, 2.75) is 117 Å². The molecular weight excluding hydrogens is 308 g/mol. The Hall–Kier alpha value is -0.0800. The smallest absolute Gasteiger partial charge is 0.221 e. The van der Waals surface area contributed by atoms with Crippen LogP contribution in [-0.4, -0.2) is 17.0 Å². The molecule has 0 rings (SSSR count). The Balaban J connectivity index is 0. The van der Waals surface area contributed by atoms with E-state index in [1.165, 1.54) is 83.5 Å². The molecule has 0 spiro atoms. The van der Waals surface area contributed by atoms with Gasteiger partial charge in [0.2, 0.25) is 5.24 Å². The predicted molar refractivity (Wildman–Crippen MR) is 103 cm³/mol. The van der Waals surface area contributed by atoms with Crippen molar-refractivity contribution in [3.63, 3.8) is 0 Å². The van der Waals surface area contributed by atoms with Crippen molar-refractivity contribution in [2.24, 2.45) is 0 Å². The van der Waals surface area contributed by atoms with Crippen molar-refractivity contribution >= 4 is 16.8 Å².